The lowest BCUT2D eigenvalue weighted by Gasteiger charge is -2.12. The van der Waals surface area contributed by atoms with Gasteiger partial charge in [0, 0.05) is 5.02 Å². The largest absolute Gasteiger partial charge is 0.489 e. The summed E-state index contributed by atoms with van der Waals surface area (Å²) < 4.78 is 11.3. The van der Waals surface area contributed by atoms with E-state index in [1.54, 1.807) is 37.4 Å². The number of amides is 1. The molecule has 3 aromatic carbocycles. The lowest BCUT2D eigenvalue weighted by molar-refractivity contribution is -0.127. The molecule has 0 saturated heterocycles. The molecule has 0 bridgehead atoms. The van der Waals surface area contributed by atoms with Crippen LogP contribution in [0.1, 0.15) is 18.1 Å². The number of halogens is 1. The normalized spacial score (nSPS) is 11.8. The third-order valence-corrected chi connectivity index (χ3v) is 4.26. The highest BCUT2D eigenvalue weighted by Crippen LogP contribution is 2.17. The molecule has 0 fully saturated rings. The first-order chi connectivity index (χ1) is 14.1. The zero-order chi connectivity index (χ0) is 20.5. The van der Waals surface area contributed by atoms with Gasteiger partial charge in [-0.05, 0) is 66.6 Å². The van der Waals surface area contributed by atoms with Gasteiger partial charge in [0.15, 0.2) is 6.10 Å². The van der Waals surface area contributed by atoms with E-state index in [-0.39, 0.29) is 5.91 Å². The van der Waals surface area contributed by atoms with E-state index in [9.17, 15) is 4.79 Å². The van der Waals surface area contributed by atoms with Crippen molar-refractivity contribution in [1.82, 2.24) is 5.43 Å². The quantitative estimate of drug-likeness (QED) is 0.428. The third-order valence-electron chi connectivity index (χ3n) is 4.01. The number of carbonyl (C=O) groups excluding carboxylic acids is 1. The number of hydrogen-bond donors (Lipinski definition) is 1. The fraction of sp³-hybridized carbons (Fsp3) is 0.130. The van der Waals surface area contributed by atoms with Gasteiger partial charge in [-0.1, -0.05) is 41.9 Å². The van der Waals surface area contributed by atoms with Crippen molar-refractivity contribution in [3.05, 3.63) is 95.0 Å². The van der Waals surface area contributed by atoms with Gasteiger partial charge in [0.1, 0.15) is 18.1 Å². The minimum atomic E-state index is -0.693. The van der Waals surface area contributed by atoms with Crippen LogP contribution in [0.3, 0.4) is 0 Å². The van der Waals surface area contributed by atoms with Gasteiger partial charge in [-0.25, -0.2) is 5.43 Å². The van der Waals surface area contributed by atoms with Crippen molar-refractivity contribution < 1.29 is 14.3 Å². The number of ether oxygens (including phenoxy) is 2. The molecular formula is C23H21ClN2O3. The Morgan fingerprint density at radius 2 is 1.66 bits per heavy atom. The summed E-state index contributed by atoms with van der Waals surface area (Å²) in [5.41, 5.74) is 4.42. The molecule has 148 valence electrons. The molecule has 0 saturated carbocycles. The summed E-state index contributed by atoms with van der Waals surface area (Å²) in [7, 11) is 0. The Balaban J connectivity index is 1.45. The molecule has 0 aliphatic carbocycles. The van der Waals surface area contributed by atoms with Gasteiger partial charge in [-0.3, -0.25) is 4.79 Å². The number of hydrazone groups is 1. The highest BCUT2D eigenvalue weighted by atomic mass is 35.5. The highest BCUT2D eigenvalue weighted by molar-refractivity contribution is 6.30. The predicted molar refractivity (Wildman–Crippen MR) is 114 cm³/mol. The molecule has 0 unspecified atom stereocenters. The zero-order valence-corrected chi connectivity index (χ0v) is 16.7. The van der Waals surface area contributed by atoms with Crippen LogP contribution in [0.5, 0.6) is 11.5 Å². The molecule has 0 heterocycles. The van der Waals surface area contributed by atoms with Gasteiger partial charge in [0.2, 0.25) is 0 Å². The van der Waals surface area contributed by atoms with Crippen molar-refractivity contribution in [1.29, 1.82) is 0 Å². The Hall–Kier alpha value is -3.31. The van der Waals surface area contributed by atoms with Crippen molar-refractivity contribution in [2.75, 3.05) is 0 Å². The number of nitrogens with zero attached hydrogens (tertiary/aromatic N) is 1. The first-order valence-electron chi connectivity index (χ1n) is 9.12. The van der Waals surface area contributed by atoms with Crippen LogP contribution in [-0.4, -0.2) is 18.2 Å². The Kier molecular flexibility index (Phi) is 7.25. The molecule has 1 amide bonds. The van der Waals surface area contributed by atoms with Crippen molar-refractivity contribution in [3.63, 3.8) is 0 Å². The maximum Gasteiger partial charge on any atom is 0.280 e. The number of nitrogens with one attached hydrogen (secondary N) is 1. The third kappa shape index (κ3) is 6.66. The molecule has 3 aromatic rings. The van der Waals surface area contributed by atoms with Crippen LogP contribution < -0.4 is 14.9 Å². The maximum absolute atomic E-state index is 12.1. The average Bonchev–Trinajstić information content (AvgIpc) is 2.75. The van der Waals surface area contributed by atoms with Crippen LogP contribution in [0.4, 0.5) is 0 Å². The van der Waals surface area contributed by atoms with E-state index in [1.807, 2.05) is 54.6 Å². The summed E-state index contributed by atoms with van der Waals surface area (Å²) in [5.74, 6) is 0.978. The molecule has 0 aliphatic rings. The molecule has 0 spiro atoms. The second-order valence-corrected chi connectivity index (χ2v) is 6.73. The molecule has 5 nitrogen and oxygen atoms in total. The monoisotopic (exact) mass is 408 g/mol. The summed E-state index contributed by atoms with van der Waals surface area (Å²) in [4.78, 5) is 12.1. The SMILES string of the molecule is C[C@@H](Oc1ccc(Cl)cc1)C(=O)N/N=C\c1ccc(OCc2ccccc2)cc1. The lowest BCUT2D eigenvalue weighted by atomic mass is 10.2. The zero-order valence-electron chi connectivity index (χ0n) is 15.9. The maximum atomic E-state index is 12.1. The summed E-state index contributed by atoms with van der Waals surface area (Å²) in [5, 5.41) is 4.58. The van der Waals surface area contributed by atoms with Gasteiger partial charge in [0.05, 0.1) is 6.21 Å². The van der Waals surface area contributed by atoms with E-state index in [4.69, 9.17) is 21.1 Å². The lowest BCUT2D eigenvalue weighted by Crippen LogP contribution is -2.33. The minimum Gasteiger partial charge on any atom is -0.489 e. The Morgan fingerprint density at radius 3 is 2.34 bits per heavy atom. The van der Waals surface area contributed by atoms with Crippen LogP contribution in [0.2, 0.25) is 5.02 Å². The van der Waals surface area contributed by atoms with Gasteiger partial charge in [-0.2, -0.15) is 5.10 Å². The number of rotatable bonds is 8. The summed E-state index contributed by atoms with van der Waals surface area (Å²) in [6.45, 7) is 2.16. The predicted octanol–water partition coefficient (Wildman–Crippen LogP) is 4.84. The minimum absolute atomic E-state index is 0.348. The summed E-state index contributed by atoms with van der Waals surface area (Å²) in [6.07, 6.45) is 0.871. The van der Waals surface area contributed by atoms with Crippen LogP contribution in [0.25, 0.3) is 0 Å². The van der Waals surface area contributed by atoms with E-state index in [0.29, 0.717) is 17.4 Å². The van der Waals surface area contributed by atoms with Gasteiger partial charge >= 0.3 is 0 Å². The molecule has 1 atom stereocenters. The molecular weight excluding hydrogens is 388 g/mol. The van der Waals surface area contributed by atoms with Crippen molar-refractivity contribution in [2.45, 2.75) is 19.6 Å². The van der Waals surface area contributed by atoms with Crippen LogP contribution in [0.15, 0.2) is 84.0 Å². The highest BCUT2D eigenvalue weighted by Gasteiger charge is 2.13. The summed E-state index contributed by atoms with van der Waals surface area (Å²) in [6, 6.07) is 24.2. The number of benzene rings is 3. The van der Waals surface area contributed by atoms with Crippen molar-refractivity contribution in [3.8, 4) is 11.5 Å². The van der Waals surface area contributed by atoms with Crippen molar-refractivity contribution in [2.24, 2.45) is 5.10 Å². The Morgan fingerprint density at radius 1 is 1.00 bits per heavy atom. The summed E-state index contributed by atoms with van der Waals surface area (Å²) >= 11 is 5.83. The Labute approximate surface area is 174 Å². The first kappa shape index (κ1) is 20.4. The van der Waals surface area contributed by atoms with Crippen LogP contribution in [0, 0.1) is 0 Å². The van der Waals surface area contributed by atoms with Gasteiger partial charge < -0.3 is 9.47 Å². The van der Waals surface area contributed by atoms with Gasteiger partial charge in [-0.15, -0.1) is 0 Å². The van der Waals surface area contributed by atoms with E-state index in [1.165, 1.54) is 0 Å². The van der Waals surface area contributed by atoms with Crippen LogP contribution >= 0.6 is 11.6 Å². The number of hydrogen-bond acceptors (Lipinski definition) is 4. The fourth-order valence-electron chi connectivity index (χ4n) is 2.42. The molecule has 0 aliphatic heterocycles. The second kappa shape index (κ2) is 10.3. The van der Waals surface area contributed by atoms with E-state index < -0.39 is 6.10 Å². The van der Waals surface area contributed by atoms with E-state index in [2.05, 4.69) is 10.5 Å². The molecule has 0 radical (unpaired) electrons. The molecule has 3 rings (SSSR count). The molecule has 29 heavy (non-hydrogen) atoms. The average molecular weight is 409 g/mol. The molecule has 1 N–H and O–H groups in total. The fourth-order valence-corrected chi connectivity index (χ4v) is 2.55. The standard InChI is InChI=1S/C23H21ClN2O3/c1-17(29-22-13-9-20(24)10-14-22)23(27)26-25-15-18-7-11-21(12-8-18)28-16-19-5-3-2-4-6-19/h2-15,17H,16H2,1H3,(H,26,27)/b25-15-/t17-/m1/s1. The number of carbonyl (C=O) groups is 1. The first-order valence-corrected chi connectivity index (χ1v) is 9.50. The van der Waals surface area contributed by atoms with E-state index >= 15 is 0 Å². The molecule has 0 aromatic heterocycles. The van der Waals surface area contributed by atoms with Crippen molar-refractivity contribution >= 4 is 23.7 Å². The molecule has 6 heteroatoms. The smallest absolute Gasteiger partial charge is 0.280 e. The van der Waals surface area contributed by atoms with Gasteiger partial charge in [0.25, 0.3) is 5.91 Å². The topological polar surface area (TPSA) is 59.9 Å². The second-order valence-electron chi connectivity index (χ2n) is 6.29. The van der Waals surface area contributed by atoms with Crippen LogP contribution in [-0.2, 0) is 11.4 Å². The van der Waals surface area contributed by atoms with E-state index in [0.717, 1.165) is 16.9 Å². The Bertz CT molecular complexity index is 942.